The Bertz CT molecular complexity index is 931. The van der Waals surface area contributed by atoms with Crippen molar-refractivity contribution in [3.63, 3.8) is 0 Å². The summed E-state index contributed by atoms with van der Waals surface area (Å²) in [4.78, 5) is 18.2. The predicted octanol–water partition coefficient (Wildman–Crippen LogP) is 2.57. The second-order valence-electron chi connectivity index (χ2n) is 9.84. The van der Waals surface area contributed by atoms with E-state index in [4.69, 9.17) is 4.98 Å². The molecule has 4 aliphatic carbocycles. The third-order valence-electron chi connectivity index (χ3n) is 7.57. The second-order valence-corrected chi connectivity index (χ2v) is 9.84. The number of hydrogen-bond donors (Lipinski definition) is 3. The first-order valence-corrected chi connectivity index (χ1v) is 10.8. The van der Waals surface area contributed by atoms with Gasteiger partial charge in [0.05, 0.1) is 17.2 Å². The molecule has 4 bridgehead atoms. The molecule has 1 amide bonds. The Hall–Kier alpha value is -1.92. The average Bonchev–Trinajstić information content (AvgIpc) is 3.26. The third-order valence-corrected chi connectivity index (χ3v) is 7.57. The molecule has 3 atom stereocenters. The minimum Gasteiger partial charge on any atom is -0.390 e. The van der Waals surface area contributed by atoms with Crippen molar-refractivity contribution in [1.82, 2.24) is 20.0 Å². The molecule has 0 spiro atoms. The maximum Gasteiger partial charge on any atom is 0.272 e. The van der Waals surface area contributed by atoms with Crippen LogP contribution in [-0.2, 0) is 0 Å². The van der Waals surface area contributed by atoms with E-state index >= 15 is 0 Å². The minimum absolute atomic E-state index is 0.0847. The van der Waals surface area contributed by atoms with E-state index < -0.39 is 5.60 Å². The summed E-state index contributed by atoms with van der Waals surface area (Å²) in [5, 5.41) is 17.9. The van der Waals surface area contributed by atoms with Crippen LogP contribution in [0.4, 0.5) is 0 Å². The summed E-state index contributed by atoms with van der Waals surface area (Å²) in [5.41, 5.74) is 0.554. The average molecular weight is 380 g/mol. The quantitative estimate of drug-likeness (QED) is 0.765. The first-order valence-electron chi connectivity index (χ1n) is 10.8. The van der Waals surface area contributed by atoms with Gasteiger partial charge in [-0.3, -0.25) is 4.79 Å². The van der Waals surface area contributed by atoms with Gasteiger partial charge in [-0.1, -0.05) is 6.07 Å². The molecule has 3 heterocycles. The highest BCUT2D eigenvalue weighted by Gasteiger charge is 2.57. The van der Waals surface area contributed by atoms with E-state index in [1.54, 1.807) is 0 Å². The Morgan fingerprint density at radius 3 is 2.79 bits per heavy atom. The normalized spacial score (nSPS) is 39.0. The van der Waals surface area contributed by atoms with Crippen LogP contribution < -0.4 is 10.6 Å². The Labute approximate surface area is 164 Å². The third kappa shape index (κ3) is 2.54. The van der Waals surface area contributed by atoms with Gasteiger partial charge in [-0.25, -0.2) is 4.98 Å². The van der Waals surface area contributed by atoms with E-state index in [1.165, 1.54) is 6.42 Å². The predicted molar refractivity (Wildman–Crippen MR) is 105 cm³/mol. The molecule has 3 unspecified atom stereocenters. The van der Waals surface area contributed by atoms with Crippen molar-refractivity contribution in [3.05, 3.63) is 35.9 Å². The van der Waals surface area contributed by atoms with E-state index in [0.29, 0.717) is 24.0 Å². The zero-order chi connectivity index (χ0) is 18.9. The van der Waals surface area contributed by atoms with E-state index in [-0.39, 0.29) is 17.5 Å². The van der Waals surface area contributed by atoms with Gasteiger partial charge in [0, 0.05) is 11.7 Å². The van der Waals surface area contributed by atoms with Crippen molar-refractivity contribution in [3.8, 4) is 0 Å². The Kier molecular flexibility index (Phi) is 3.52. The van der Waals surface area contributed by atoms with Gasteiger partial charge in [-0.15, -0.1) is 0 Å². The minimum atomic E-state index is -0.577. The number of carbonyl (C=O) groups is 1. The van der Waals surface area contributed by atoms with Gasteiger partial charge in [0.25, 0.3) is 5.91 Å². The summed E-state index contributed by atoms with van der Waals surface area (Å²) < 4.78 is 2.06. The van der Waals surface area contributed by atoms with E-state index in [0.717, 1.165) is 56.4 Å². The zero-order valence-corrected chi connectivity index (χ0v) is 16.2. The summed E-state index contributed by atoms with van der Waals surface area (Å²) in [6.45, 7) is 0.998. The highest BCUT2D eigenvalue weighted by atomic mass is 16.3. The van der Waals surface area contributed by atoms with Crippen LogP contribution in [0.5, 0.6) is 0 Å². The summed E-state index contributed by atoms with van der Waals surface area (Å²) in [6, 6.07) is 6.14. The molecule has 6 heteroatoms. The number of hydrogen-bond acceptors (Lipinski definition) is 4. The lowest BCUT2D eigenvalue weighted by molar-refractivity contribution is -0.139. The van der Waals surface area contributed by atoms with E-state index in [1.807, 2.05) is 24.4 Å². The first kappa shape index (κ1) is 17.0. The van der Waals surface area contributed by atoms with Crippen LogP contribution in [-0.4, -0.2) is 38.1 Å². The molecule has 0 radical (unpaired) electrons. The van der Waals surface area contributed by atoms with Crippen molar-refractivity contribution in [2.24, 2.45) is 11.8 Å². The molecule has 5 fully saturated rings. The lowest BCUT2D eigenvalue weighted by Gasteiger charge is -2.60. The summed E-state index contributed by atoms with van der Waals surface area (Å²) in [7, 11) is 0. The first-order chi connectivity index (χ1) is 13.5. The Balaban J connectivity index is 1.34. The maximum absolute atomic E-state index is 13.4. The molecule has 6 nitrogen and oxygen atoms in total. The van der Waals surface area contributed by atoms with E-state index in [2.05, 4.69) is 15.0 Å². The lowest BCUT2D eigenvalue weighted by Crippen LogP contribution is -2.65. The number of aliphatic hydroxyl groups is 1. The van der Waals surface area contributed by atoms with Crippen LogP contribution in [0, 0.1) is 11.8 Å². The van der Waals surface area contributed by atoms with Gasteiger partial charge in [0.15, 0.2) is 5.69 Å². The number of rotatable bonds is 3. The van der Waals surface area contributed by atoms with Gasteiger partial charge < -0.3 is 20.1 Å². The summed E-state index contributed by atoms with van der Waals surface area (Å²) in [5.74, 6) is 1.94. The van der Waals surface area contributed by atoms with Crippen LogP contribution in [0.3, 0.4) is 0 Å². The largest absolute Gasteiger partial charge is 0.390 e. The number of aromatic nitrogens is 2. The fraction of sp³-hybridized carbons (Fsp3) is 0.636. The van der Waals surface area contributed by atoms with Gasteiger partial charge >= 0.3 is 0 Å². The van der Waals surface area contributed by atoms with Crippen molar-refractivity contribution in [2.45, 2.75) is 68.5 Å². The van der Waals surface area contributed by atoms with Crippen LogP contribution >= 0.6 is 0 Å². The van der Waals surface area contributed by atoms with Crippen molar-refractivity contribution in [2.75, 3.05) is 6.54 Å². The number of imidazole rings is 1. The molecule has 7 rings (SSSR count). The molecule has 2 aromatic heterocycles. The fourth-order valence-electron chi connectivity index (χ4n) is 7.04. The lowest BCUT2D eigenvalue weighted by atomic mass is 9.51. The number of fused-ring (bicyclic) bond motifs is 1. The fourth-order valence-corrected chi connectivity index (χ4v) is 7.04. The van der Waals surface area contributed by atoms with Crippen molar-refractivity contribution in [1.29, 1.82) is 0 Å². The molecule has 2 aromatic rings. The van der Waals surface area contributed by atoms with Crippen molar-refractivity contribution < 1.29 is 9.90 Å². The number of nitrogens with one attached hydrogen (secondary N) is 2. The summed E-state index contributed by atoms with van der Waals surface area (Å²) >= 11 is 0. The number of carbonyl (C=O) groups excluding carboxylic acids is 1. The van der Waals surface area contributed by atoms with Crippen LogP contribution in [0.25, 0.3) is 5.52 Å². The van der Waals surface area contributed by atoms with Crippen LogP contribution in [0.2, 0.25) is 0 Å². The molecule has 1 saturated heterocycles. The molecule has 5 aliphatic rings. The topological polar surface area (TPSA) is 78.7 Å². The van der Waals surface area contributed by atoms with Gasteiger partial charge in [-0.2, -0.15) is 0 Å². The summed E-state index contributed by atoms with van der Waals surface area (Å²) in [6.07, 6.45) is 9.92. The molecular weight excluding hydrogens is 352 g/mol. The Morgan fingerprint density at radius 1 is 1.25 bits per heavy atom. The zero-order valence-electron chi connectivity index (χ0n) is 16.2. The van der Waals surface area contributed by atoms with E-state index in [9.17, 15) is 9.90 Å². The highest BCUT2D eigenvalue weighted by molar-refractivity contribution is 5.99. The molecule has 1 aliphatic heterocycles. The number of pyridine rings is 1. The molecule has 4 saturated carbocycles. The molecule has 28 heavy (non-hydrogen) atoms. The van der Waals surface area contributed by atoms with Gasteiger partial charge in [0.1, 0.15) is 5.82 Å². The van der Waals surface area contributed by atoms with Crippen molar-refractivity contribution >= 4 is 11.4 Å². The standard InChI is InChI=1S/C22H28N4O2/c27-20(25-21-9-14-8-15(10-21)12-22(28,11-14)13-21)18-17-5-1-2-7-26(17)19(24-18)16-4-3-6-23-16/h1-2,5,7,14-16,23,28H,3-4,6,8-13H2,(H,25,27). The van der Waals surface area contributed by atoms with Gasteiger partial charge in [-0.05, 0) is 81.9 Å². The van der Waals surface area contributed by atoms with Gasteiger partial charge in [0.2, 0.25) is 0 Å². The monoisotopic (exact) mass is 380 g/mol. The van der Waals surface area contributed by atoms with Crippen LogP contribution in [0.1, 0.15) is 73.7 Å². The van der Waals surface area contributed by atoms with Crippen LogP contribution in [0.15, 0.2) is 24.4 Å². The number of amides is 1. The molecular formula is C22H28N4O2. The Morgan fingerprint density at radius 2 is 2.07 bits per heavy atom. The molecule has 148 valence electrons. The maximum atomic E-state index is 13.4. The molecule has 3 N–H and O–H groups in total. The SMILES string of the molecule is O=C(NC12CC3CC(CC(O)(C3)C1)C2)c1nc(C2CCCN2)n2ccccc12. The second kappa shape index (κ2) is 5.80. The smallest absolute Gasteiger partial charge is 0.272 e. The molecule has 0 aromatic carbocycles. The highest BCUT2D eigenvalue weighted by Crippen LogP contribution is 2.57. The number of nitrogens with zero attached hydrogens (tertiary/aromatic N) is 2.